The molecule has 0 spiro atoms. The maximum atomic E-state index is 14.5. The number of hydrogen-bond acceptors (Lipinski definition) is 6. The number of amides is 1. The van der Waals surface area contributed by atoms with Gasteiger partial charge in [0.15, 0.2) is 0 Å². The maximum absolute atomic E-state index is 14.5. The standard InChI is InChI=1S/C24H26FN5O3/c25-18-11-17(33-14-16-4-5-16)12-20-21(18)22(31)29-24(28-20)27-13-15-6-9-30(10-7-15)23(32)19-3-1-2-8-26-19/h1-3,8,11-12,15-16H,4-7,9-10,13-14H2,(H2,27,28,29,31). The van der Waals surface area contributed by atoms with E-state index >= 15 is 0 Å². The maximum Gasteiger partial charge on any atom is 0.272 e. The summed E-state index contributed by atoms with van der Waals surface area (Å²) in [4.78, 5) is 38.0. The van der Waals surface area contributed by atoms with Crippen molar-refractivity contribution in [3.8, 4) is 5.75 Å². The minimum Gasteiger partial charge on any atom is -0.493 e. The van der Waals surface area contributed by atoms with Gasteiger partial charge in [0, 0.05) is 38.0 Å². The molecule has 2 aromatic heterocycles. The number of anilines is 1. The second kappa shape index (κ2) is 9.17. The van der Waals surface area contributed by atoms with Crippen LogP contribution >= 0.6 is 0 Å². The monoisotopic (exact) mass is 451 g/mol. The molecule has 1 amide bonds. The second-order valence-electron chi connectivity index (χ2n) is 8.80. The molecule has 0 unspecified atom stereocenters. The minimum absolute atomic E-state index is 0.0516. The molecule has 1 aliphatic heterocycles. The molecule has 0 atom stereocenters. The van der Waals surface area contributed by atoms with Gasteiger partial charge in [0.1, 0.15) is 22.6 Å². The summed E-state index contributed by atoms with van der Waals surface area (Å²) in [6, 6.07) is 8.18. The van der Waals surface area contributed by atoms with Crippen LogP contribution in [0.25, 0.3) is 10.9 Å². The first-order valence-corrected chi connectivity index (χ1v) is 11.4. The molecule has 8 nitrogen and oxygen atoms in total. The SMILES string of the molecule is O=C(c1ccccn1)N1CCC(CNc2nc3cc(OCC4CC4)cc(F)c3c(=O)[nH]2)CC1. The van der Waals surface area contributed by atoms with Crippen LogP contribution in [-0.4, -0.2) is 52.0 Å². The number of aromatic amines is 1. The molecule has 1 saturated heterocycles. The van der Waals surface area contributed by atoms with Gasteiger partial charge in [-0.2, -0.15) is 0 Å². The van der Waals surface area contributed by atoms with Gasteiger partial charge < -0.3 is 15.0 Å². The van der Waals surface area contributed by atoms with E-state index in [0.717, 1.165) is 25.7 Å². The highest BCUT2D eigenvalue weighted by Gasteiger charge is 2.25. The van der Waals surface area contributed by atoms with Crippen LogP contribution in [0, 0.1) is 17.7 Å². The number of H-pyrrole nitrogens is 1. The Balaban J connectivity index is 1.20. The molecule has 172 valence electrons. The summed E-state index contributed by atoms with van der Waals surface area (Å²) in [5, 5.41) is 3.11. The van der Waals surface area contributed by atoms with Crippen LogP contribution in [0.2, 0.25) is 0 Å². The van der Waals surface area contributed by atoms with E-state index in [-0.39, 0.29) is 16.8 Å². The van der Waals surface area contributed by atoms with Gasteiger partial charge in [0.25, 0.3) is 11.5 Å². The number of halogens is 1. The fraction of sp³-hybridized carbons (Fsp3) is 0.417. The molecule has 2 N–H and O–H groups in total. The molecule has 33 heavy (non-hydrogen) atoms. The first-order valence-electron chi connectivity index (χ1n) is 11.4. The van der Waals surface area contributed by atoms with E-state index in [1.807, 2.05) is 11.0 Å². The normalized spacial score (nSPS) is 16.7. The third kappa shape index (κ3) is 4.97. The van der Waals surface area contributed by atoms with E-state index in [1.54, 1.807) is 24.4 Å². The number of nitrogens with one attached hydrogen (secondary N) is 2. The molecular weight excluding hydrogens is 425 g/mol. The molecule has 0 radical (unpaired) electrons. The number of rotatable bonds is 7. The molecule has 3 heterocycles. The van der Waals surface area contributed by atoms with Crippen LogP contribution in [0.3, 0.4) is 0 Å². The molecule has 5 rings (SSSR count). The Morgan fingerprint density at radius 3 is 2.73 bits per heavy atom. The van der Waals surface area contributed by atoms with Crippen LogP contribution in [0.4, 0.5) is 10.3 Å². The Labute approximate surface area is 190 Å². The summed E-state index contributed by atoms with van der Waals surface area (Å²) in [5.41, 5.74) is 0.201. The molecule has 1 aliphatic carbocycles. The van der Waals surface area contributed by atoms with E-state index in [2.05, 4.69) is 20.3 Å². The number of nitrogens with zero attached hydrogens (tertiary/aromatic N) is 3. The Morgan fingerprint density at radius 2 is 2.00 bits per heavy atom. The van der Waals surface area contributed by atoms with Crippen molar-refractivity contribution in [2.75, 3.05) is 31.6 Å². The number of hydrogen-bond donors (Lipinski definition) is 2. The molecule has 3 aromatic rings. The van der Waals surface area contributed by atoms with Crippen molar-refractivity contribution in [3.63, 3.8) is 0 Å². The summed E-state index contributed by atoms with van der Waals surface area (Å²) in [5.74, 6) is 0.870. The van der Waals surface area contributed by atoms with Crippen molar-refractivity contribution in [2.24, 2.45) is 11.8 Å². The first kappa shape index (κ1) is 21.4. The van der Waals surface area contributed by atoms with Crippen molar-refractivity contribution in [1.29, 1.82) is 0 Å². The van der Waals surface area contributed by atoms with Crippen LogP contribution in [0.5, 0.6) is 5.75 Å². The van der Waals surface area contributed by atoms with Crippen molar-refractivity contribution < 1.29 is 13.9 Å². The van der Waals surface area contributed by atoms with Crippen molar-refractivity contribution >= 4 is 22.8 Å². The number of piperidine rings is 1. The molecule has 2 aliphatic rings. The van der Waals surface area contributed by atoms with Crippen LogP contribution in [0.15, 0.2) is 41.3 Å². The molecule has 9 heteroatoms. The average Bonchev–Trinajstić information content (AvgIpc) is 3.66. The summed E-state index contributed by atoms with van der Waals surface area (Å²) in [7, 11) is 0. The van der Waals surface area contributed by atoms with Gasteiger partial charge in [-0.25, -0.2) is 9.37 Å². The van der Waals surface area contributed by atoms with E-state index in [4.69, 9.17) is 4.74 Å². The summed E-state index contributed by atoms with van der Waals surface area (Å²) in [6.07, 6.45) is 5.56. The lowest BCUT2D eigenvalue weighted by Gasteiger charge is -2.31. The number of ether oxygens (including phenoxy) is 1. The largest absolute Gasteiger partial charge is 0.493 e. The van der Waals surface area contributed by atoms with Crippen LogP contribution < -0.4 is 15.6 Å². The number of aromatic nitrogens is 3. The van der Waals surface area contributed by atoms with Gasteiger partial charge >= 0.3 is 0 Å². The quantitative estimate of drug-likeness (QED) is 0.572. The Morgan fingerprint density at radius 1 is 1.18 bits per heavy atom. The predicted molar refractivity (Wildman–Crippen MR) is 122 cm³/mol. The molecule has 1 saturated carbocycles. The Kier molecular flexibility index (Phi) is 5.93. The lowest BCUT2D eigenvalue weighted by atomic mass is 9.96. The zero-order valence-electron chi connectivity index (χ0n) is 18.2. The summed E-state index contributed by atoms with van der Waals surface area (Å²) < 4.78 is 20.1. The first-order chi connectivity index (χ1) is 16.1. The molecule has 2 fully saturated rings. The number of carbonyl (C=O) groups excluding carboxylic acids is 1. The van der Waals surface area contributed by atoms with Gasteiger partial charge in [-0.05, 0) is 49.7 Å². The number of benzene rings is 1. The van der Waals surface area contributed by atoms with E-state index in [0.29, 0.717) is 55.5 Å². The number of carbonyl (C=O) groups is 1. The van der Waals surface area contributed by atoms with Gasteiger partial charge in [-0.1, -0.05) is 6.07 Å². The lowest BCUT2D eigenvalue weighted by Crippen LogP contribution is -2.40. The predicted octanol–water partition coefficient (Wildman–Crippen LogP) is 3.21. The highest BCUT2D eigenvalue weighted by molar-refractivity contribution is 5.92. The topological polar surface area (TPSA) is 100 Å². The average molecular weight is 452 g/mol. The molecule has 0 bridgehead atoms. The van der Waals surface area contributed by atoms with E-state index in [1.165, 1.54) is 6.07 Å². The van der Waals surface area contributed by atoms with Gasteiger partial charge in [-0.3, -0.25) is 19.6 Å². The number of pyridine rings is 1. The summed E-state index contributed by atoms with van der Waals surface area (Å²) in [6.45, 7) is 2.45. The smallest absolute Gasteiger partial charge is 0.272 e. The fourth-order valence-corrected chi connectivity index (χ4v) is 4.10. The van der Waals surface area contributed by atoms with Crippen molar-refractivity contribution in [2.45, 2.75) is 25.7 Å². The van der Waals surface area contributed by atoms with Crippen LogP contribution in [-0.2, 0) is 0 Å². The zero-order valence-corrected chi connectivity index (χ0v) is 18.2. The summed E-state index contributed by atoms with van der Waals surface area (Å²) >= 11 is 0. The third-order valence-electron chi connectivity index (χ3n) is 6.26. The lowest BCUT2D eigenvalue weighted by molar-refractivity contribution is 0.0689. The number of likely N-dealkylation sites (tertiary alicyclic amines) is 1. The minimum atomic E-state index is -0.636. The van der Waals surface area contributed by atoms with Crippen molar-refractivity contribution in [3.05, 3.63) is 58.4 Å². The second-order valence-corrected chi connectivity index (χ2v) is 8.80. The zero-order chi connectivity index (χ0) is 22.8. The van der Waals surface area contributed by atoms with E-state index < -0.39 is 11.4 Å². The fourth-order valence-electron chi connectivity index (χ4n) is 4.10. The van der Waals surface area contributed by atoms with Gasteiger partial charge in [0.2, 0.25) is 5.95 Å². The highest BCUT2D eigenvalue weighted by Crippen LogP contribution is 2.30. The van der Waals surface area contributed by atoms with Gasteiger partial charge in [-0.15, -0.1) is 0 Å². The molecular formula is C24H26FN5O3. The third-order valence-corrected chi connectivity index (χ3v) is 6.26. The Bertz CT molecular complexity index is 1200. The van der Waals surface area contributed by atoms with E-state index in [9.17, 15) is 14.0 Å². The van der Waals surface area contributed by atoms with Crippen molar-refractivity contribution in [1.82, 2.24) is 19.9 Å². The number of fused-ring (bicyclic) bond motifs is 1. The molecule has 1 aromatic carbocycles. The van der Waals surface area contributed by atoms with Gasteiger partial charge in [0.05, 0.1) is 12.1 Å². The van der Waals surface area contributed by atoms with Crippen LogP contribution in [0.1, 0.15) is 36.2 Å². The Hall–Kier alpha value is -3.49. The highest BCUT2D eigenvalue weighted by atomic mass is 19.1.